The normalized spacial score (nSPS) is 46.4. The van der Waals surface area contributed by atoms with E-state index in [1.54, 1.807) is 25.7 Å². The van der Waals surface area contributed by atoms with E-state index in [-0.39, 0.29) is 0 Å². The molecule has 120 valence electrons. The van der Waals surface area contributed by atoms with Crippen molar-refractivity contribution in [1.29, 1.82) is 0 Å². The third kappa shape index (κ3) is 2.79. The molecule has 2 spiro atoms. The van der Waals surface area contributed by atoms with Gasteiger partial charge in [-0.05, 0) is 61.2 Å². The van der Waals surface area contributed by atoms with Crippen LogP contribution in [0.4, 0.5) is 4.39 Å². The predicted molar refractivity (Wildman–Crippen MR) is 86.0 cm³/mol. The molecule has 4 fully saturated rings. The zero-order valence-electron chi connectivity index (χ0n) is 13.7. The van der Waals surface area contributed by atoms with Gasteiger partial charge in [0.05, 0.1) is 0 Å². The number of hydrogen-bond donors (Lipinski definition) is 0. The summed E-state index contributed by atoms with van der Waals surface area (Å²) >= 11 is 0. The SMILES string of the molecule is FC1CCCCCCC(C2CC23CC32CC2)CCCCC1. The van der Waals surface area contributed by atoms with Gasteiger partial charge in [-0.25, -0.2) is 4.39 Å². The molecule has 0 saturated heterocycles. The van der Waals surface area contributed by atoms with E-state index in [0.29, 0.717) is 0 Å². The first-order valence-corrected chi connectivity index (χ1v) is 9.90. The second-order valence-electron chi connectivity index (χ2n) is 8.91. The molecule has 4 aliphatic rings. The van der Waals surface area contributed by atoms with Gasteiger partial charge in [-0.3, -0.25) is 0 Å². The Hall–Kier alpha value is -0.0700. The minimum Gasteiger partial charge on any atom is -0.247 e. The zero-order valence-corrected chi connectivity index (χ0v) is 13.7. The Balaban J connectivity index is 1.29. The fraction of sp³-hybridized carbons (Fsp3) is 1.00. The van der Waals surface area contributed by atoms with Crippen molar-refractivity contribution in [3.05, 3.63) is 0 Å². The van der Waals surface area contributed by atoms with Crippen LogP contribution >= 0.6 is 0 Å². The molecule has 4 saturated carbocycles. The van der Waals surface area contributed by atoms with Crippen LogP contribution in [0.5, 0.6) is 0 Å². The van der Waals surface area contributed by atoms with Gasteiger partial charge < -0.3 is 0 Å². The van der Waals surface area contributed by atoms with E-state index in [0.717, 1.165) is 48.3 Å². The standard InChI is InChI=1S/C20H33F/c21-17-10-6-2-1-4-8-16(9-5-3-7-11-17)18-14-20(18)15-19(20)12-13-19/h16-18H,1-15H2. The van der Waals surface area contributed by atoms with Crippen LogP contribution < -0.4 is 0 Å². The van der Waals surface area contributed by atoms with Gasteiger partial charge in [-0.2, -0.15) is 0 Å². The first kappa shape index (κ1) is 14.5. The third-order valence-corrected chi connectivity index (χ3v) is 7.58. The molecule has 0 N–H and O–H groups in total. The molecular weight excluding hydrogens is 259 g/mol. The van der Waals surface area contributed by atoms with Gasteiger partial charge in [0.25, 0.3) is 0 Å². The maximum Gasteiger partial charge on any atom is 0.100 e. The molecule has 0 amide bonds. The molecule has 0 aliphatic heterocycles. The summed E-state index contributed by atoms with van der Waals surface area (Å²) in [5.74, 6) is 2.14. The van der Waals surface area contributed by atoms with Gasteiger partial charge in [-0.1, -0.05) is 57.8 Å². The van der Waals surface area contributed by atoms with Crippen LogP contribution in [-0.2, 0) is 0 Å². The van der Waals surface area contributed by atoms with Crippen molar-refractivity contribution in [2.24, 2.45) is 22.7 Å². The first-order valence-electron chi connectivity index (χ1n) is 9.90. The lowest BCUT2D eigenvalue weighted by Crippen LogP contribution is -2.06. The van der Waals surface area contributed by atoms with Gasteiger partial charge >= 0.3 is 0 Å². The highest BCUT2D eigenvalue weighted by Gasteiger charge is 2.84. The van der Waals surface area contributed by atoms with Crippen molar-refractivity contribution in [3.63, 3.8) is 0 Å². The van der Waals surface area contributed by atoms with E-state index in [1.165, 1.54) is 44.9 Å². The van der Waals surface area contributed by atoms with Crippen molar-refractivity contribution >= 4 is 0 Å². The lowest BCUT2D eigenvalue weighted by molar-refractivity contribution is 0.279. The van der Waals surface area contributed by atoms with E-state index in [4.69, 9.17) is 0 Å². The predicted octanol–water partition coefficient (Wildman–Crippen LogP) is 6.44. The van der Waals surface area contributed by atoms with Crippen LogP contribution in [0.1, 0.15) is 96.3 Å². The minimum atomic E-state index is -0.505. The minimum absolute atomic E-state index is 0.505. The Morgan fingerprint density at radius 2 is 1.29 bits per heavy atom. The maximum absolute atomic E-state index is 13.7. The number of alkyl halides is 1. The molecule has 4 aliphatic carbocycles. The van der Waals surface area contributed by atoms with Gasteiger partial charge in [0.1, 0.15) is 6.17 Å². The molecule has 0 aromatic heterocycles. The topological polar surface area (TPSA) is 0 Å². The van der Waals surface area contributed by atoms with Crippen molar-refractivity contribution in [2.75, 3.05) is 0 Å². The Kier molecular flexibility index (Phi) is 3.82. The highest BCUT2D eigenvalue weighted by Crippen LogP contribution is 2.92. The summed E-state index contributed by atoms with van der Waals surface area (Å²) in [7, 11) is 0. The molecule has 0 aromatic rings. The van der Waals surface area contributed by atoms with Gasteiger partial charge in [-0.15, -0.1) is 0 Å². The summed E-state index contributed by atoms with van der Waals surface area (Å²) in [6, 6.07) is 0. The van der Waals surface area contributed by atoms with Crippen molar-refractivity contribution < 1.29 is 4.39 Å². The monoisotopic (exact) mass is 292 g/mol. The molecule has 4 atom stereocenters. The zero-order chi connectivity index (χ0) is 14.3. The third-order valence-electron chi connectivity index (χ3n) is 7.58. The van der Waals surface area contributed by atoms with Gasteiger partial charge in [0.2, 0.25) is 0 Å². The lowest BCUT2D eigenvalue weighted by Gasteiger charge is -2.17. The smallest absolute Gasteiger partial charge is 0.100 e. The van der Waals surface area contributed by atoms with E-state index in [1.807, 2.05) is 0 Å². The van der Waals surface area contributed by atoms with Crippen LogP contribution in [0, 0.1) is 22.7 Å². The highest BCUT2D eigenvalue weighted by atomic mass is 19.1. The average Bonchev–Trinajstić information content (AvgIpc) is 3.39. The summed E-state index contributed by atoms with van der Waals surface area (Å²) in [5, 5.41) is 0. The number of fused-ring (bicyclic) bond motifs is 1. The maximum atomic E-state index is 13.7. The van der Waals surface area contributed by atoms with Crippen molar-refractivity contribution in [1.82, 2.24) is 0 Å². The van der Waals surface area contributed by atoms with E-state index >= 15 is 0 Å². The molecule has 0 heterocycles. The molecule has 4 rings (SSSR count). The number of halogens is 1. The van der Waals surface area contributed by atoms with E-state index in [2.05, 4.69) is 0 Å². The summed E-state index contributed by atoms with van der Waals surface area (Å²) in [6.45, 7) is 0. The van der Waals surface area contributed by atoms with Gasteiger partial charge in [0, 0.05) is 0 Å². The molecule has 0 nitrogen and oxygen atoms in total. The van der Waals surface area contributed by atoms with Crippen molar-refractivity contribution in [3.8, 4) is 0 Å². The molecule has 4 unspecified atom stereocenters. The highest BCUT2D eigenvalue weighted by molar-refractivity contribution is 5.33. The van der Waals surface area contributed by atoms with Crippen LogP contribution in [0.3, 0.4) is 0 Å². The molecule has 0 aromatic carbocycles. The van der Waals surface area contributed by atoms with Crippen molar-refractivity contribution in [2.45, 2.75) is 102 Å². The Labute approximate surface area is 130 Å². The second kappa shape index (κ2) is 5.53. The summed E-state index contributed by atoms with van der Waals surface area (Å²) in [6.07, 6.45) is 19.4. The lowest BCUT2D eigenvalue weighted by atomic mass is 9.88. The Morgan fingerprint density at radius 1 is 0.714 bits per heavy atom. The summed E-state index contributed by atoms with van der Waals surface area (Å²) < 4.78 is 13.7. The molecular formula is C20H33F. The van der Waals surface area contributed by atoms with Crippen LogP contribution in [0.2, 0.25) is 0 Å². The van der Waals surface area contributed by atoms with Crippen LogP contribution in [0.25, 0.3) is 0 Å². The van der Waals surface area contributed by atoms with Gasteiger partial charge in [0.15, 0.2) is 0 Å². The van der Waals surface area contributed by atoms with E-state index < -0.39 is 6.17 Å². The summed E-state index contributed by atoms with van der Waals surface area (Å²) in [4.78, 5) is 0. The molecule has 0 radical (unpaired) electrons. The summed E-state index contributed by atoms with van der Waals surface area (Å²) in [5.41, 5.74) is 1.79. The number of hydrogen-bond acceptors (Lipinski definition) is 0. The van der Waals surface area contributed by atoms with Crippen LogP contribution in [0.15, 0.2) is 0 Å². The fourth-order valence-electron chi connectivity index (χ4n) is 5.92. The van der Waals surface area contributed by atoms with E-state index in [9.17, 15) is 4.39 Å². The Morgan fingerprint density at radius 3 is 1.86 bits per heavy atom. The molecule has 21 heavy (non-hydrogen) atoms. The first-order chi connectivity index (χ1) is 10.3. The second-order valence-corrected chi connectivity index (χ2v) is 8.91. The largest absolute Gasteiger partial charge is 0.247 e. The molecule has 0 bridgehead atoms. The molecule has 1 heteroatoms. The fourth-order valence-corrected chi connectivity index (χ4v) is 5.92. The average molecular weight is 292 g/mol. The Bertz CT molecular complexity index is 372. The number of rotatable bonds is 1. The quantitative estimate of drug-likeness (QED) is 0.522. The van der Waals surface area contributed by atoms with Crippen LogP contribution in [-0.4, -0.2) is 6.17 Å².